The van der Waals surface area contributed by atoms with E-state index < -0.39 is 0 Å². The molecule has 3 saturated heterocycles. The molecule has 0 radical (unpaired) electrons. The SMILES string of the molecule is CCO/C(=C(/c1ccccc1)N(c1ccc(N2CCOCC2)cc1)c1ccc(N2CCOCC2)cc1)c1ccc(N2CCOCC2)cc1. The maximum atomic E-state index is 6.65. The van der Waals surface area contributed by atoms with Gasteiger partial charge in [-0.2, -0.15) is 0 Å². The van der Waals surface area contributed by atoms with Crippen LogP contribution < -0.4 is 19.6 Å². The summed E-state index contributed by atoms with van der Waals surface area (Å²) in [6.45, 7) is 12.5. The van der Waals surface area contributed by atoms with Crippen LogP contribution in [-0.4, -0.2) is 85.5 Å². The third-order valence-corrected chi connectivity index (χ3v) is 9.25. The molecule has 0 saturated carbocycles. The number of nitrogens with zero attached hydrogens (tertiary/aromatic N) is 4. The van der Waals surface area contributed by atoms with E-state index in [-0.39, 0.29) is 0 Å². The second-order valence-electron chi connectivity index (χ2n) is 12.2. The molecule has 3 aliphatic rings. The van der Waals surface area contributed by atoms with Gasteiger partial charge >= 0.3 is 0 Å². The first kappa shape index (κ1) is 32.1. The summed E-state index contributed by atoms with van der Waals surface area (Å²) in [5.41, 5.74) is 8.85. The molecule has 0 unspecified atom stereocenters. The molecule has 0 spiro atoms. The van der Waals surface area contributed by atoms with Crippen molar-refractivity contribution in [2.24, 2.45) is 0 Å². The van der Waals surface area contributed by atoms with Crippen LogP contribution in [0, 0.1) is 0 Å². The van der Waals surface area contributed by atoms with E-state index in [2.05, 4.69) is 130 Å². The topological polar surface area (TPSA) is 49.9 Å². The molecule has 7 rings (SSSR count). The average molecular weight is 647 g/mol. The van der Waals surface area contributed by atoms with E-state index in [0.717, 1.165) is 113 Å². The van der Waals surface area contributed by atoms with Gasteiger partial charge in [0, 0.05) is 78.8 Å². The molecule has 4 aromatic carbocycles. The number of morpholine rings is 3. The predicted molar refractivity (Wildman–Crippen MR) is 195 cm³/mol. The summed E-state index contributed by atoms with van der Waals surface area (Å²) in [7, 11) is 0. The summed E-state index contributed by atoms with van der Waals surface area (Å²) in [5.74, 6) is 0.840. The normalized spacial score (nSPS) is 17.6. The van der Waals surface area contributed by atoms with Crippen LogP contribution in [0.4, 0.5) is 28.4 Å². The van der Waals surface area contributed by atoms with E-state index in [9.17, 15) is 0 Å². The summed E-state index contributed by atoms with van der Waals surface area (Å²) < 4.78 is 23.5. The van der Waals surface area contributed by atoms with Gasteiger partial charge in [-0.1, -0.05) is 30.3 Å². The minimum atomic E-state index is 0.538. The van der Waals surface area contributed by atoms with E-state index in [1.165, 1.54) is 17.1 Å². The Kier molecular flexibility index (Phi) is 10.4. The lowest BCUT2D eigenvalue weighted by Crippen LogP contribution is -2.36. The molecule has 0 aromatic heterocycles. The lowest BCUT2D eigenvalue weighted by molar-refractivity contribution is 0.122. The van der Waals surface area contributed by atoms with Gasteiger partial charge in [0.2, 0.25) is 0 Å². The molecule has 0 bridgehead atoms. The molecule has 8 nitrogen and oxygen atoms in total. The molecular formula is C40H46N4O4. The van der Waals surface area contributed by atoms with Crippen LogP contribution in [0.1, 0.15) is 18.1 Å². The minimum Gasteiger partial charge on any atom is -0.491 e. The minimum absolute atomic E-state index is 0.538. The average Bonchev–Trinajstić information content (AvgIpc) is 3.18. The summed E-state index contributed by atoms with van der Waals surface area (Å²) in [6.07, 6.45) is 0. The second-order valence-corrected chi connectivity index (χ2v) is 12.2. The zero-order valence-corrected chi connectivity index (χ0v) is 27.9. The lowest BCUT2D eigenvalue weighted by atomic mass is 10.0. The van der Waals surface area contributed by atoms with Crippen molar-refractivity contribution in [2.75, 3.05) is 105 Å². The van der Waals surface area contributed by atoms with Crippen LogP contribution in [0.5, 0.6) is 0 Å². The van der Waals surface area contributed by atoms with Crippen molar-refractivity contribution in [3.05, 3.63) is 114 Å². The standard InChI is InChI=1S/C40H46N4O4/c1-2-48-40(33-8-10-34(11-9-33)41-20-26-45-27-21-41)39(32-6-4-3-5-7-32)44(37-16-12-35(13-17-37)42-22-28-46-29-23-42)38-18-14-36(15-19-38)43-24-30-47-31-25-43/h3-19H,2,20-31H2,1H3/b40-39-. The Hall–Kier alpha value is -4.50. The van der Waals surface area contributed by atoms with Crippen molar-refractivity contribution >= 4 is 39.9 Å². The molecule has 48 heavy (non-hydrogen) atoms. The Morgan fingerprint density at radius 2 is 0.917 bits per heavy atom. The molecule has 3 fully saturated rings. The molecule has 4 aromatic rings. The molecule has 8 heteroatoms. The predicted octanol–water partition coefficient (Wildman–Crippen LogP) is 6.90. The molecule has 0 atom stereocenters. The fourth-order valence-electron chi connectivity index (χ4n) is 6.71. The Morgan fingerprint density at radius 1 is 0.521 bits per heavy atom. The lowest BCUT2D eigenvalue weighted by Gasteiger charge is -2.33. The number of anilines is 5. The van der Waals surface area contributed by atoms with Gasteiger partial charge in [-0.05, 0) is 79.7 Å². The van der Waals surface area contributed by atoms with E-state index in [4.69, 9.17) is 18.9 Å². The molecular weight excluding hydrogens is 600 g/mol. The van der Waals surface area contributed by atoms with Gasteiger partial charge in [0.15, 0.2) is 5.76 Å². The third kappa shape index (κ3) is 7.31. The van der Waals surface area contributed by atoms with Gasteiger partial charge in [0.05, 0.1) is 51.9 Å². The number of rotatable bonds is 10. The summed E-state index contributed by atoms with van der Waals surface area (Å²) in [4.78, 5) is 9.52. The van der Waals surface area contributed by atoms with Crippen molar-refractivity contribution in [3.8, 4) is 0 Å². The Balaban J connectivity index is 1.35. The van der Waals surface area contributed by atoms with Crippen molar-refractivity contribution in [3.63, 3.8) is 0 Å². The van der Waals surface area contributed by atoms with Crippen molar-refractivity contribution in [1.29, 1.82) is 0 Å². The Bertz CT molecular complexity index is 1550. The fraction of sp³-hybridized carbons (Fsp3) is 0.350. The van der Waals surface area contributed by atoms with Gasteiger partial charge < -0.3 is 38.5 Å². The highest BCUT2D eigenvalue weighted by atomic mass is 16.5. The van der Waals surface area contributed by atoms with Gasteiger partial charge in [-0.3, -0.25) is 0 Å². The maximum Gasteiger partial charge on any atom is 0.151 e. The van der Waals surface area contributed by atoms with Crippen LogP contribution in [0.2, 0.25) is 0 Å². The zero-order valence-electron chi connectivity index (χ0n) is 27.9. The Labute approximate surface area is 284 Å². The molecule has 3 heterocycles. The molecule has 0 aliphatic carbocycles. The number of benzene rings is 4. The van der Waals surface area contributed by atoms with Crippen molar-refractivity contribution < 1.29 is 18.9 Å². The first-order chi connectivity index (χ1) is 23.8. The van der Waals surface area contributed by atoms with E-state index >= 15 is 0 Å². The maximum absolute atomic E-state index is 6.65. The number of hydrogen-bond acceptors (Lipinski definition) is 8. The summed E-state index contributed by atoms with van der Waals surface area (Å²) in [6, 6.07) is 37.3. The summed E-state index contributed by atoms with van der Waals surface area (Å²) >= 11 is 0. The van der Waals surface area contributed by atoms with Gasteiger partial charge in [0.25, 0.3) is 0 Å². The Morgan fingerprint density at radius 3 is 1.31 bits per heavy atom. The van der Waals surface area contributed by atoms with Crippen molar-refractivity contribution in [1.82, 2.24) is 0 Å². The second kappa shape index (κ2) is 15.6. The molecule has 0 amide bonds. The van der Waals surface area contributed by atoms with Crippen LogP contribution in [0.25, 0.3) is 11.5 Å². The highest BCUT2D eigenvalue weighted by Crippen LogP contribution is 2.41. The fourth-order valence-corrected chi connectivity index (χ4v) is 6.71. The summed E-state index contributed by atoms with van der Waals surface area (Å²) in [5, 5.41) is 0. The zero-order chi connectivity index (χ0) is 32.5. The van der Waals surface area contributed by atoms with Crippen molar-refractivity contribution in [2.45, 2.75) is 6.92 Å². The molecule has 250 valence electrons. The smallest absolute Gasteiger partial charge is 0.151 e. The van der Waals surface area contributed by atoms with Crippen LogP contribution >= 0.6 is 0 Å². The van der Waals surface area contributed by atoms with Crippen LogP contribution in [-0.2, 0) is 18.9 Å². The molecule has 3 aliphatic heterocycles. The monoisotopic (exact) mass is 646 g/mol. The van der Waals surface area contributed by atoms with E-state index in [1.807, 2.05) is 0 Å². The van der Waals surface area contributed by atoms with E-state index in [0.29, 0.717) is 6.61 Å². The van der Waals surface area contributed by atoms with E-state index in [1.54, 1.807) is 0 Å². The van der Waals surface area contributed by atoms with Crippen LogP contribution in [0.15, 0.2) is 103 Å². The largest absolute Gasteiger partial charge is 0.491 e. The number of hydrogen-bond donors (Lipinski definition) is 0. The third-order valence-electron chi connectivity index (χ3n) is 9.25. The highest BCUT2D eigenvalue weighted by molar-refractivity contribution is 5.99. The molecule has 0 N–H and O–H groups in total. The highest BCUT2D eigenvalue weighted by Gasteiger charge is 2.25. The first-order valence-electron chi connectivity index (χ1n) is 17.3. The van der Waals surface area contributed by atoms with Gasteiger partial charge in [-0.25, -0.2) is 0 Å². The number of ether oxygens (including phenoxy) is 4. The van der Waals surface area contributed by atoms with Crippen LogP contribution in [0.3, 0.4) is 0 Å². The van der Waals surface area contributed by atoms with Gasteiger partial charge in [-0.15, -0.1) is 0 Å². The quantitative estimate of drug-likeness (QED) is 0.136. The first-order valence-corrected chi connectivity index (χ1v) is 17.3. The van der Waals surface area contributed by atoms with Gasteiger partial charge in [0.1, 0.15) is 0 Å².